The van der Waals surface area contributed by atoms with E-state index < -0.39 is 0 Å². The zero-order valence-corrected chi connectivity index (χ0v) is 12.0. The maximum absolute atomic E-state index is 5.77. The molecule has 1 aromatic rings. The van der Waals surface area contributed by atoms with Crippen LogP contribution in [0, 0.1) is 0 Å². The molecule has 0 radical (unpaired) electrons. The summed E-state index contributed by atoms with van der Waals surface area (Å²) >= 11 is 0. The summed E-state index contributed by atoms with van der Waals surface area (Å²) in [6, 6.07) is 0. The fourth-order valence-electron chi connectivity index (χ4n) is 2.68. The number of nitrogens with zero attached hydrogens (tertiary/aromatic N) is 3. The summed E-state index contributed by atoms with van der Waals surface area (Å²) in [6.45, 7) is 4.47. The predicted molar refractivity (Wildman–Crippen MR) is 74.6 cm³/mol. The van der Waals surface area contributed by atoms with Crippen LogP contribution in [-0.4, -0.2) is 21.6 Å². The molecule has 1 unspecified atom stereocenters. The maximum atomic E-state index is 5.77. The minimum absolute atomic E-state index is 0.157. The second-order valence-electron chi connectivity index (χ2n) is 5.26. The highest BCUT2D eigenvalue weighted by molar-refractivity contribution is 5.14. The summed E-state index contributed by atoms with van der Waals surface area (Å²) in [6.07, 6.45) is 8.68. The molecule has 0 saturated carbocycles. The van der Waals surface area contributed by atoms with Gasteiger partial charge in [-0.15, -0.1) is 5.10 Å². The lowest BCUT2D eigenvalue weighted by Gasteiger charge is -2.13. The Hall–Kier alpha value is -0.940. The van der Waals surface area contributed by atoms with Crippen molar-refractivity contribution in [3.63, 3.8) is 0 Å². The first kappa shape index (κ1) is 14.5. The number of aromatic nitrogens is 3. The Morgan fingerprint density at radius 3 is 2.84 bits per heavy atom. The number of hydrogen-bond acceptors (Lipinski definition) is 4. The van der Waals surface area contributed by atoms with Gasteiger partial charge in [0.1, 0.15) is 11.8 Å². The van der Waals surface area contributed by atoms with E-state index in [2.05, 4.69) is 17.2 Å². The van der Waals surface area contributed by atoms with Crippen LogP contribution in [0.4, 0.5) is 0 Å². The van der Waals surface area contributed by atoms with Crippen LogP contribution in [-0.2, 0) is 17.8 Å². The number of unbranched alkanes of at least 4 members (excludes halogenated alkanes) is 4. The van der Waals surface area contributed by atoms with Crippen LogP contribution in [0.25, 0.3) is 0 Å². The van der Waals surface area contributed by atoms with Gasteiger partial charge >= 0.3 is 0 Å². The minimum Gasteiger partial charge on any atom is -0.372 e. The Labute approximate surface area is 115 Å². The summed E-state index contributed by atoms with van der Waals surface area (Å²) in [7, 11) is 0. The Morgan fingerprint density at radius 1 is 1.32 bits per heavy atom. The number of rotatable bonds is 8. The van der Waals surface area contributed by atoms with E-state index in [0.717, 1.165) is 43.8 Å². The molecule has 0 aromatic carbocycles. The van der Waals surface area contributed by atoms with E-state index in [1.54, 1.807) is 0 Å². The number of hydrogen-bond donors (Lipinski definition) is 1. The molecule has 2 rings (SSSR count). The Kier molecular flexibility index (Phi) is 5.79. The first-order valence-electron chi connectivity index (χ1n) is 7.60. The average Bonchev–Trinajstić information content (AvgIpc) is 3.06. The molecule has 2 heterocycles. The number of nitrogens with two attached hydrogens (primary N) is 1. The van der Waals surface area contributed by atoms with E-state index in [1.807, 2.05) is 4.68 Å². The predicted octanol–water partition coefficient (Wildman–Crippen LogP) is 2.56. The molecule has 19 heavy (non-hydrogen) atoms. The molecule has 1 saturated heterocycles. The molecule has 1 aliphatic rings. The van der Waals surface area contributed by atoms with Gasteiger partial charge in [0.2, 0.25) is 0 Å². The second kappa shape index (κ2) is 7.60. The molecule has 1 atom stereocenters. The van der Waals surface area contributed by atoms with Gasteiger partial charge in [-0.05, 0) is 19.3 Å². The van der Waals surface area contributed by atoms with E-state index in [0.29, 0.717) is 6.54 Å². The summed E-state index contributed by atoms with van der Waals surface area (Å²) < 4.78 is 7.79. The van der Waals surface area contributed by atoms with Crippen molar-refractivity contribution in [1.82, 2.24) is 15.0 Å². The van der Waals surface area contributed by atoms with E-state index >= 15 is 0 Å². The van der Waals surface area contributed by atoms with E-state index in [1.165, 1.54) is 25.7 Å². The van der Waals surface area contributed by atoms with Gasteiger partial charge in [-0.3, -0.25) is 0 Å². The van der Waals surface area contributed by atoms with Crippen LogP contribution in [0.5, 0.6) is 0 Å². The molecule has 108 valence electrons. The van der Waals surface area contributed by atoms with Gasteiger partial charge in [0.25, 0.3) is 0 Å². The Balaban J connectivity index is 1.93. The molecule has 1 fully saturated rings. The standard InChI is InChI=1S/C14H26N4O/c1-2-3-4-5-6-9-18-14(12(11-15)16-17-18)13-8-7-10-19-13/h13H,2-11,15H2,1H3. The van der Waals surface area contributed by atoms with E-state index in [-0.39, 0.29) is 6.10 Å². The van der Waals surface area contributed by atoms with Crippen molar-refractivity contribution in [1.29, 1.82) is 0 Å². The van der Waals surface area contributed by atoms with Crippen molar-refractivity contribution in [2.75, 3.05) is 6.61 Å². The van der Waals surface area contributed by atoms with Gasteiger partial charge in [-0.25, -0.2) is 4.68 Å². The molecule has 5 nitrogen and oxygen atoms in total. The molecule has 0 spiro atoms. The number of aryl methyl sites for hydroxylation is 1. The van der Waals surface area contributed by atoms with Crippen LogP contribution >= 0.6 is 0 Å². The summed E-state index contributed by atoms with van der Waals surface area (Å²) in [5.41, 5.74) is 7.78. The topological polar surface area (TPSA) is 66.0 Å². The number of ether oxygens (including phenoxy) is 1. The van der Waals surface area contributed by atoms with Crippen LogP contribution < -0.4 is 5.73 Å². The maximum Gasteiger partial charge on any atom is 0.102 e. The molecular weight excluding hydrogens is 240 g/mol. The third kappa shape index (κ3) is 3.76. The highest BCUT2D eigenvalue weighted by atomic mass is 16.5. The van der Waals surface area contributed by atoms with Crippen LogP contribution in [0.3, 0.4) is 0 Å². The molecule has 5 heteroatoms. The molecule has 1 aromatic heterocycles. The van der Waals surface area contributed by atoms with Gasteiger partial charge in [0.15, 0.2) is 0 Å². The van der Waals surface area contributed by atoms with Gasteiger partial charge in [0, 0.05) is 19.7 Å². The van der Waals surface area contributed by atoms with Crippen molar-refractivity contribution >= 4 is 0 Å². The lowest BCUT2D eigenvalue weighted by molar-refractivity contribution is 0.103. The smallest absolute Gasteiger partial charge is 0.102 e. The van der Waals surface area contributed by atoms with Gasteiger partial charge < -0.3 is 10.5 Å². The van der Waals surface area contributed by atoms with Crippen molar-refractivity contribution in [3.05, 3.63) is 11.4 Å². The molecule has 0 bridgehead atoms. The zero-order valence-electron chi connectivity index (χ0n) is 12.0. The fraction of sp³-hybridized carbons (Fsp3) is 0.857. The van der Waals surface area contributed by atoms with Crippen LogP contribution in [0.2, 0.25) is 0 Å². The monoisotopic (exact) mass is 266 g/mol. The largest absolute Gasteiger partial charge is 0.372 e. The van der Waals surface area contributed by atoms with Crippen molar-refractivity contribution in [3.8, 4) is 0 Å². The molecule has 2 N–H and O–H groups in total. The van der Waals surface area contributed by atoms with E-state index in [4.69, 9.17) is 10.5 Å². The normalized spacial score (nSPS) is 19.2. The third-order valence-electron chi connectivity index (χ3n) is 3.75. The minimum atomic E-state index is 0.157. The third-order valence-corrected chi connectivity index (χ3v) is 3.75. The molecule has 0 amide bonds. The average molecular weight is 266 g/mol. The van der Waals surface area contributed by atoms with E-state index in [9.17, 15) is 0 Å². The van der Waals surface area contributed by atoms with Gasteiger partial charge in [-0.1, -0.05) is 37.8 Å². The first-order valence-corrected chi connectivity index (χ1v) is 7.60. The highest BCUT2D eigenvalue weighted by Gasteiger charge is 2.25. The Morgan fingerprint density at radius 2 is 2.16 bits per heavy atom. The fourth-order valence-corrected chi connectivity index (χ4v) is 2.68. The van der Waals surface area contributed by atoms with Crippen molar-refractivity contribution < 1.29 is 4.74 Å². The molecule has 0 aliphatic carbocycles. The SMILES string of the molecule is CCCCCCCn1nnc(CN)c1C1CCCO1. The van der Waals surface area contributed by atoms with Gasteiger partial charge in [-0.2, -0.15) is 0 Å². The van der Waals surface area contributed by atoms with Crippen LogP contribution in [0.15, 0.2) is 0 Å². The first-order chi connectivity index (χ1) is 9.36. The summed E-state index contributed by atoms with van der Waals surface area (Å²) in [5.74, 6) is 0. The highest BCUT2D eigenvalue weighted by Crippen LogP contribution is 2.30. The Bertz CT molecular complexity index is 372. The van der Waals surface area contributed by atoms with Crippen molar-refractivity contribution in [2.45, 2.75) is 71.1 Å². The summed E-state index contributed by atoms with van der Waals surface area (Å²) in [4.78, 5) is 0. The van der Waals surface area contributed by atoms with Gasteiger partial charge in [0.05, 0.1) is 5.69 Å². The lowest BCUT2D eigenvalue weighted by Crippen LogP contribution is -2.12. The second-order valence-corrected chi connectivity index (χ2v) is 5.26. The summed E-state index contributed by atoms with van der Waals surface area (Å²) in [5, 5.41) is 8.46. The zero-order chi connectivity index (χ0) is 13.5. The molecule has 1 aliphatic heterocycles. The quantitative estimate of drug-likeness (QED) is 0.734. The molecular formula is C14H26N4O. The van der Waals surface area contributed by atoms with Crippen molar-refractivity contribution in [2.24, 2.45) is 5.73 Å². The lowest BCUT2D eigenvalue weighted by atomic mass is 10.1. The van der Waals surface area contributed by atoms with Crippen LogP contribution in [0.1, 0.15) is 69.4 Å².